The number of aliphatic hydroxyl groups is 1. The molecule has 0 saturated carbocycles. The summed E-state index contributed by atoms with van der Waals surface area (Å²) in [5.41, 5.74) is 0. The van der Waals surface area contributed by atoms with Crippen LogP contribution in [-0.2, 0) is 11.3 Å². The first-order valence-electron chi connectivity index (χ1n) is 6.51. The fraction of sp³-hybridized carbons (Fsp3) is 0.615. The maximum Gasteiger partial charge on any atom is 0.255 e. The summed E-state index contributed by atoms with van der Waals surface area (Å²) in [6.07, 6.45) is -0.309. The van der Waals surface area contributed by atoms with Crippen LogP contribution in [0.3, 0.4) is 0 Å². The molecule has 2 N–H and O–H groups in total. The van der Waals surface area contributed by atoms with Crippen molar-refractivity contribution < 1.29 is 18.7 Å². The molecular formula is C13H18F2N2O2S. The summed E-state index contributed by atoms with van der Waals surface area (Å²) in [7, 11) is 0. The van der Waals surface area contributed by atoms with Gasteiger partial charge in [0.25, 0.3) is 5.92 Å². The predicted molar refractivity (Wildman–Crippen MR) is 72.7 cm³/mol. The predicted octanol–water partition coefficient (Wildman–Crippen LogP) is 1.31. The van der Waals surface area contributed by atoms with Crippen LogP contribution < -0.4 is 5.32 Å². The van der Waals surface area contributed by atoms with E-state index in [1.807, 2.05) is 17.5 Å². The first-order valence-corrected chi connectivity index (χ1v) is 7.39. The van der Waals surface area contributed by atoms with Crippen LogP contribution in [0.4, 0.5) is 8.78 Å². The van der Waals surface area contributed by atoms with Gasteiger partial charge in [0.2, 0.25) is 5.91 Å². The van der Waals surface area contributed by atoms with E-state index in [1.165, 1.54) is 0 Å². The molecule has 1 amide bonds. The van der Waals surface area contributed by atoms with Gasteiger partial charge < -0.3 is 10.4 Å². The Morgan fingerprint density at radius 1 is 1.60 bits per heavy atom. The number of hydrogen-bond donors (Lipinski definition) is 2. The molecule has 1 atom stereocenters. The number of hydrogen-bond acceptors (Lipinski definition) is 4. The third kappa shape index (κ3) is 3.97. The summed E-state index contributed by atoms with van der Waals surface area (Å²) in [4.78, 5) is 14.5. The summed E-state index contributed by atoms with van der Waals surface area (Å²) in [6, 6.07) is 3.83. The average molecular weight is 304 g/mol. The first kappa shape index (κ1) is 15.3. The Balaban J connectivity index is 1.77. The molecule has 1 unspecified atom stereocenters. The maximum atomic E-state index is 13.4. The SMILES string of the molecule is O=C(CN1CCC(F)(F)C(CO)C1)NCc1cccs1. The number of carbonyl (C=O) groups excluding carboxylic acids is 1. The molecule has 0 spiro atoms. The van der Waals surface area contributed by atoms with E-state index in [0.29, 0.717) is 6.54 Å². The number of rotatable bonds is 5. The standard InChI is InChI=1S/C13H18F2N2O2S/c14-13(15)3-4-17(7-10(13)9-18)8-12(19)16-6-11-2-1-5-20-11/h1-2,5,10,18H,3-4,6-9H2,(H,16,19). The number of alkyl halides is 2. The molecule has 0 bridgehead atoms. The number of halogens is 2. The largest absolute Gasteiger partial charge is 0.396 e. The average Bonchev–Trinajstić information content (AvgIpc) is 2.91. The Kier molecular flexibility index (Phi) is 5.06. The highest BCUT2D eigenvalue weighted by molar-refractivity contribution is 7.09. The fourth-order valence-corrected chi connectivity index (χ4v) is 2.89. The molecule has 1 aliphatic heterocycles. The van der Waals surface area contributed by atoms with Gasteiger partial charge in [-0.2, -0.15) is 0 Å². The van der Waals surface area contributed by atoms with Crippen molar-refractivity contribution in [3.63, 3.8) is 0 Å². The summed E-state index contributed by atoms with van der Waals surface area (Å²) >= 11 is 1.55. The number of aliphatic hydroxyl groups excluding tert-OH is 1. The molecule has 0 radical (unpaired) electrons. The first-order chi connectivity index (χ1) is 9.51. The molecule has 4 nitrogen and oxygen atoms in total. The number of nitrogens with zero attached hydrogens (tertiary/aromatic N) is 1. The molecule has 1 aliphatic rings. The molecule has 20 heavy (non-hydrogen) atoms. The molecule has 2 heterocycles. The molecule has 2 rings (SSSR count). The topological polar surface area (TPSA) is 52.6 Å². The van der Waals surface area contributed by atoms with Crippen LogP contribution in [0.25, 0.3) is 0 Å². The lowest BCUT2D eigenvalue weighted by molar-refractivity contribution is -0.133. The number of carbonyl (C=O) groups is 1. The van der Waals surface area contributed by atoms with Crippen molar-refractivity contribution in [3.05, 3.63) is 22.4 Å². The van der Waals surface area contributed by atoms with E-state index in [4.69, 9.17) is 5.11 Å². The second-order valence-electron chi connectivity index (χ2n) is 4.98. The van der Waals surface area contributed by atoms with E-state index in [9.17, 15) is 13.6 Å². The van der Waals surface area contributed by atoms with Crippen LogP contribution in [0.5, 0.6) is 0 Å². The van der Waals surface area contributed by atoms with Crippen LogP contribution in [0.2, 0.25) is 0 Å². The maximum absolute atomic E-state index is 13.4. The van der Waals surface area contributed by atoms with Crippen molar-refractivity contribution in [2.24, 2.45) is 5.92 Å². The molecule has 7 heteroatoms. The van der Waals surface area contributed by atoms with Gasteiger partial charge in [-0.3, -0.25) is 9.69 Å². The second kappa shape index (κ2) is 6.60. The van der Waals surface area contributed by atoms with Crippen molar-refractivity contribution >= 4 is 17.2 Å². The van der Waals surface area contributed by atoms with Crippen molar-refractivity contribution in [1.29, 1.82) is 0 Å². The third-order valence-corrected chi connectivity index (χ3v) is 4.34. The lowest BCUT2D eigenvalue weighted by Gasteiger charge is -2.37. The van der Waals surface area contributed by atoms with E-state index in [2.05, 4.69) is 5.32 Å². The molecule has 0 aliphatic carbocycles. The molecule has 1 saturated heterocycles. The number of nitrogens with one attached hydrogen (secondary N) is 1. The lowest BCUT2D eigenvalue weighted by atomic mass is 9.94. The Morgan fingerprint density at radius 2 is 2.40 bits per heavy atom. The van der Waals surface area contributed by atoms with Gasteiger partial charge in [-0.15, -0.1) is 11.3 Å². The molecular weight excluding hydrogens is 286 g/mol. The summed E-state index contributed by atoms with van der Waals surface area (Å²) in [5, 5.41) is 13.7. The fourth-order valence-electron chi connectivity index (χ4n) is 2.24. The van der Waals surface area contributed by atoms with Crippen molar-refractivity contribution in [3.8, 4) is 0 Å². The Morgan fingerprint density at radius 3 is 3.05 bits per heavy atom. The van der Waals surface area contributed by atoms with Gasteiger partial charge in [-0.25, -0.2) is 8.78 Å². The van der Waals surface area contributed by atoms with Gasteiger partial charge >= 0.3 is 0 Å². The smallest absolute Gasteiger partial charge is 0.255 e. The Hall–Kier alpha value is -1.05. The van der Waals surface area contributed by atoms with E-state index in [-0.39, 0.29) is 32.0 Å². The summed E-state index contributed by atoms with van der Waals surface area (Å²) in [6.45, 7) is 0.230. The molecule has 0 aromatic carbocycles. The van der Waals surface area contributed by atoms with Crippen molar-refractivity contribution in [2.45, 2.75) is 18.9 Å². The normalized spacial score (nSPS) is 22.6. The summed E-state index contributed by atoms with van der Waals surface area (Å²) in [5.74, 6) is -4.10. The van der Waals surface area contributed by atoms with Gasteiger partial charge in [-0.05, 0) is 11.4 Å². The van der Waals surface area contributed by atoms with Gasteiger partial charge in [0.1, 0.15) is 0 Å². The van der Waals surface area contributed by atoms with Crippen LogP contribution in [0, 0.1) is 5.92 Å². The van der Waals surface area contributed by atoms with Gasteiger partial charge in [-0.1, -0.05) is 6.07 Å². The minimum Gasteiger partial charge on any atom is -0.396 e. The van der Waals surface area contributed by atoms with Gasteiger partial charge in [0.05, 0.1) is 25.6 Å². The second-order valence-corrected chi connectivity index (χ2v) is 6.01. The highest BCUT2D eigenvalue weighted by Gasteiger charge is 2.43. The quantitative estimate of drug-likeness (QED) is 0.862. The Labute approximate surface area is 120 Å². The highest BCUT2D eigenvalue weighted by atomic mass is 32.1. The lowest BCUT2D eigenvalue weighted by Crippen LogP contribution is -2.51. The highest BCUT2D eigenvalue weighted by Crippen LogP contribution is 2.32. The zero-order valence-electron chi connectivity index (χ0n) is 11.0. The monoisotopic (exact) mass is 304 g/mol. The third-order valence-electron chi connectivity index (χ3n) is 3.46. The Bertz CT molecular complexity index is 440. The number of thiophene rings is 1. The van der Waals surface area contributed by atoms with Crippen LogP contribution in [0.15, 0.2) is 17.5 Å². The van der Waals surface area contributed by atoms with Crippen molar-refractivity contribution in [2.75, 3.05) is 26.2 Å². The van der Waals surface area contributed by atoms with E-state index in [1.54, 1.807) is 16.2 Å². The van der Waals surface area contributed by atoms with E-state index < -0.39 is 18.4 Å². The number of amides is 1. The van der Waals surface area contributed by atoms with Crippen LogP contribution in [0.1, 0.15) is 11.3 Å². The summed E-state index contributed by atoms with van der Waals surface area (Å²) < 4.78 is 26.9. The zero-order chi connectivity index (χ0) is 14.6. The van der Waals surface area contributed by atoms with E-state index >= 15 is 0 Å². The minimum absolute atomic E-state index is 0.0515. The zero-order valence-corrected chi connectivity index (χ0v) is 11.8. The minimum atomic E-state index is -2.83. The van der Waals surface area contributed by atoms with Gasteiger partial charge in [0, 0.05) is 24.4 Å². The molecule has 1 aromatic rings. The van der Waals surface area contributed by atoms with Gasteiger partial charge in [0.15, 0.2) is 0 Å². The van der Waals surface area contributed by atoms with E-state index in [0.717, 1.165) is 4.88 Å². The van der Waals surface area contributed by atoms with Crippen LogP contribution in [-0.4, -0.2) is 48.1 Å². The number of piperidine rings is 1. The van der Waals surface area contributed by atoms with Crippen LogP contribution >= 0.6 is 11.3 Å². The molecule has 1 aromatic heterocycles. The molecule has 1 fully saturated rings. The number of likely N-dealkylation sites (tertiary alicyclic amines) is 1. The molecule has 112 valence electrons. The van der Waals surface area contributed by atoms with Crippen molar-refractivity contribution in [1.82, 2.24) is 10.2 Å².